The lowest BCUT2D eigenvalue weighted by atomic mass is 10.3. The average molecular weight is 417 g/mol. The van der Waals surface area contributed by atoms with E-state index >= 15 is 0 Å². The Morgan fingerprint density at radius 2 is 1.81 bits per heavy atom. The van der Waals surface area contributed by atoms with Gasteiger partial charge in [-0.15, -0.1) is 9.32 Å². The van der Waals surface area contributed by atoms with Gasteiger partial charge in [0.05, 0.1) is 17.7 Å². The van der Waals surface area contributed by atoms with Crippen LogP contribution in [0.4, 0.5) is 16.2 Å². The molecule has 2 aromatic carbocycles. The number of anilines is 2. The van der Waals surface area contributed by atoms with E-state index in [9.17, 15) is 4.79 Å². The van der Waals surface area contributed by atoms with Gasteiger partial charge in [-0.05, 0) is 59.0 Å². The van der Waals surface area contributed by atoms with Crippen molar-refractivity contribution in [3.63, 3.8) is 0 Å². The Morgan fingerprint density at radius 1 is 1.10 bits per heavy atom. The summed E-state index contributed by atoms with van der Waals surface area (Å²) in [6.07, 6.45) is 0. The lowest BCUT2D eigenvalue weighted by Crippen LogP contribution is -2.19. The predicted molar refractivity (Wildman–Crippen MR) is 90.5 cm³/mol. The number of benzene rings is 2. The molecule has 8 heteroatoms. The van der Waals surface area contributed by atoms with Gasteiger partial charge in [-0.2, -0.15) is 5.90 Å². The maximum atomic E-state index is 11.9. The number of para-hydroxylation sites is 1. The van der Waals surface area contributed by atoms with Gasteiger partial charge in [-0.1, -0.05) is 12.1 Å². The SMILES string of the molecule is NOOSc1ccc(NC(=O)Nc2ccccc2I)cc1. The van der Waals surface area contributed by atoms with E-state index in [1.165, 1.54) is 0 Å². The van der Waals surface area contributed by atoms with Crippen LogP contribution in [-0.2, 0) is 9.32 Å². The largest absolute Gasteiger partial charge is 0.323 e. The number of urea groups is 1. The van der Waals surface area contributed by atoms with E-state index in [1.54, 1.807) is 24.3 Å². The molecule has 0 aliphatic carbocycles. The molecule has 21 heavy (non-hydrogen) atoms. The molecular weight excluding hydrogens is 405 g/mol. The van der Waals surface area contributed by atoms with Crippen LogP contribution in [0.5, 0.6) is 0 Å². The van der Waals surface area contributed by atoms with Crippen LogP contribution in [0.25, 0.3) is 0 Å². The third-order valence-electron chi connectivity index (χ3n) is 2.40. The minimum absolute atomic E-state index is 0.305. The molecule has 0 saturated heterocycles. The van der Waals surface area contributed by atoms with Crippen LogP contribution in [-0.4, -0.2) is 6.03 Å². The summed E-state index contributed by atoms with van der Waals surface area (Å²) in [5.74, 6) is 4.75. The smallest absolute Gasteiger partial charge is 0.308 e. The van der Waals surface area contributed by atoms with Gasteiger partial charge in [0, 0.05) is 14.2 Å². The van der Waals surface area contributed by atoms with Crippen LogP contribution in [0.3, 0.4) is 0 Å². The molecule has 0 heterocycles. The number of hydrogen-bond donors (Lipinski definition) is 3. The van der Waals surface area contributed by atoms with Crippen molar-refractivity contribution in [3.8, 4) is 0 Å². The highest BCUT2D eigenvalue weighted by atomic mass is 127. The quantitative estimate of drug-likeness (QED) is 0.299. The van der Waals surface area contributed by atoms with E-state index in [1.807, 2.05) is 24.3 Å². The van der Waals surface area contributed by atoms with Crippen molar-refractivity contribution in [1.82, 2.24) is 0 Å². The molecule has 0 aliphatic rings. The first-order chi connectivity index (χ1) is 10.2. The topological polar surface area (TPSA) is 85.6 Å². The molecule has 0 bridgehead atoms. The normalized spacial score (nSPS) is 10.2. The molecule has 0 spiro atoms. The third-order valence-corrected chi connectivity index (χ3v) is 3.96. The minimum Gasteiger partial charge on any atom is -0.308 e. The third kappa shape index (κ3) is 5.17. The zero-order chi connectivity index (χ0) is 15.1. The van der Waals surface area contributed by atoms with Crippen molar-refractivity contribution in [1.29, 1.82) is 0 Å². The molecule has 2 rings (SSSR count). The van der Waals surface area contributed by atoms with Gasteiger partial charge >= 0.3 is 6.03 Å². The lowest BCUT2D eigenvalue weighted by molar-refractivity contribution is -0.195. The summed E-state index contributed by atoms with van der Waals surface area (Å²) in [6.45, 7) is 0. The van der Waals surface area contributed by atoms with Crippen molar-refractivity contribution in [2.24, 2.45) is 5.90 Å². The summed E-state index contributed by atoms with van der Waals surface area (Å²) in [6, 6.07) is 14.3. The maximum Gasteiger partial charge on any atom is 0.323 e. The van der Waals surface area contributed by atoms with Crippen molar-refractivity contribution in [2.75, 3.05) is 10.6 Å². The van der Waals surface area contributed by atoms with Crippen molar-refractivity contribution in [2.45, 2.75) is 4.90 Å². The number of nitrogens with one attached hydrogen (secondary N) is 2. The predicted octanol–water partition coefficient (Wildman–Crippen LogP) is 3.76. The van der Waals surface area contributed by atoms with Crippen molar-refractivity contribution < 1.29 is 14.1 Å². The Hall–Kier alpha value is -1.33. The highest BCUT2D eigenvalue weighted by molar-refractivity contribution is 14.1. The second-order valence-electron chi connectivity index (χ2n) is 3.83. The first-order valence-corrected chi connectivity index (χ1v) is 7.64. The van der Waals surface area contributed by atoms with Crippen LogP contribution in [0, 0.1) is 3.57 Å². The molecule has 6 nitrogen and oxygen atoms in total. The number of halogens is 1. The van der Waals surface area contributed by atoms with Gasteiger partial charge in [0.2, 0.25) is 0 Å². The zero-order valence-corrected chi connectivity index (χ0v) is 13.7. The second kappa shape index (κ2) is 8.20. The van der Waals surface area contributed by atoms with Gasteiger partial charge < -0.3 is 10.6 Å². The van der Waals surface area contributed by atoms with Crippen molar-refractivity contribution >= 4 is 52.0 Å². The zero-order valence-electron chi connectivity index (χ0n) is 10.7. The molecule has 0 aliphatic heterocycles. The lowest BCUT2D eigenvalue weighted by Gasteiger charge is -2.09. The van der Waals surface area contributed by atoms with E-state index in [0.29, 0.717) is 5.69 Å². The van der Waals surface area contributed by atoms with Gasteiger partial charge in [0.15, 0.2) is 0 Å². The Bertz CT molecular complexity index is 610. The van der Waals surface area contributed by atoms with Crippen LogP contribution < -0.4 is 16.5 Å². The van der Waals surface area contributed by atoms with Crippen LogP contribution in [0.15, 0.2) is 53.4 Å². The summed E-state index contributed by atoms with van der Waals surface area (Å²) >= 11 is 3.14. The maximum absolute atomic E-state index is 11.9. The van der Waals surface area contributed by atoms with Gasteiger partial charge in [-0.3, -0.25) is 0 Å². The summed E-state index contributed by atoms with van der Waals surface area (Å²) in [5.41, 5.74) is 1.42. The standard InChI is InChI=1S/C13H12IN3O3S/c14-11-3-1-2-4-12(11)17-13(18)16-9-5-7-10(8-6-9)21-20-19-15/h1-8H,15H2,(H2,16,17,18). The van der Waals surface area contributed by atoms with Gasteiger partial charge in [-0.25, -0.2) is 4.79 Å². The summed E-state index contributed by atoms with van der Waals surface area (Å²) < 4.78 is 5.50. The first kappa shape index (κ1) is 16.0. The number of carbonyl (C=O) groups is 1. The minimum atomic E-state index is -0.305. The molecule has 0 saturated carbocycles. The fourth-order valence-electron chi connectivity index (χ4n) is 1.50. The highest BCUT2D eigenvalue weighted by Crippen LogP contribution is 2.21. The van der Waals surface area contributed by atoms with E-state index in [0.717, 1.165) is 26.2 Å². The average Bonchev–Trinajstić information content (AvgIpc) is 2.49. The number of hydrogen-bond acceptors (Lipinski definition) is 5. The van der Waals surface area contributed by atoms with E-state index in [2.05, 4.69) is 42.5 Å². The Kier molecular flexibility index (Phi) is 6.26. The molecule has 0 fully saturated rings. The van der Waals surface area contributed by atoms with E-state index in [-0.39, 0.29) is 6.03 Å². The van der Waals surface area contributed by atoms with Gasteiger partial charge in [0.1, 0.15) is 0 Å². The molecule has 0 radical (unpaired) electrons. The Labute approximate surface area is 139 Å². The van der Waals surface area contributed by atoms with Crippen LogP contribution in [0.1, 0.15) is 0 Å². The molecule has 4 N–H and O–H groups in total. The molecule has 0 aromatic heterocycles. The number of nitrogens with two attached hydrogens (primary N) is 1. The monoisotopic (exact) mass is 417 g/mol. The highest BCUT2D eigenvalue weighted by Gasteiger charge is 2.05. The second-order valence-corrected chi connectivity index (χ2v) is 5.77. The summed E-state index contributed by atoms with van der Waals surface area (Å²) in [7, 11) is 0. The molecule has 2 amide bonds. The van der Waals surface area contributed by atoms with Crippen LogP contribution in [0.2, 0.25) is 0 Å². The Balaban J connectivity index is 1.92. The Morgan fingerprint density at radius 3 is 2.48 bits per heavy atom. The first-order valence-electron chi connectivity index (χ1n) is 5.81. The van der Waals surface area contributed by atoms with Crippen molar-refractivity contribution in [3.05, 3.63) is 52.1 Å². The van der Waals surface area contributed by atoms with E-state index in [4.69, 9.17) is 5.90 Å². The number of amides is 2. The molecular formula is C13H12IN3O3S. The van der Waals surface area contributed by atoms with Gasteiger partial charge in [0.25, 0.3) is 0 Å². The fourth-order valence-corrected chi connectivity index (χ4v) is 2.39. The molecule has 2 aromatic rings. The number of rotatable bonds is 5. The van der Waals surface area contributed by atoms with Crippen LogP contribution >= 0.6 is 34.6 Å². The molecule has 0 atom stereocenters. The molecule has 110 valence electrons. The summed E-state index contributed by atoms with van der Waals surface area (Å²) in [4.78, 5) is 16.7. The molecule has 0 unspecified atom stereocenters. The number of carbonyl (C=O) groups excluding carboxylic acids is 1. The summed E-state index contributed by atoms with van der Waals surface area (Å²) in [5, 5.41) is 5.53. The van der Waals surface area contributed by atoms with E-state index < -0.39 is 0 Å². The fraction of sp³-hybridized carbons (Fsp3) is 0.